The van der Waals surface area contributed by atoms with Crippen LogP contribution in [0.4, 0.5) is 14.9 Å². The Balaban J connectivity index is 2.20. The van der Waals surface area contributed by atoms with Crippen LogP contribution in [0, 0.1) is 5.82 Å². The molecule has 2 aromatic carbocycles. The van der Waals surface area contributed by atoms with Crippen molar-refractivity contribution in [2.75, 3.05) is 18.5 Å². The molecule has 1 heterocycles. The normalized spacial score (nSPS) is 11.4. The number of esters is 1. The maximum absolute atomic E-state index is 14.1. The first-order valence-electron chi connectivity index (χ1n) is 10.4. The van der Waals surface area contributed by atoms with Gasteiger partial charge in [-0.1, -0.05) is 35.3 Å². The SMILES string of the molecule is CCOC(=O)c1c(NCC(=O)c2ccccc2F)c2c(Cl)cc(Cl)cc2n1C(=O)OC(C)(C)C. The smallest absolute Gasteiger partial charge is 0.419 e. The Hall–Kier alpha value is -3.10. The fourth-order valence-electron chi connectivity index (χ4n) is 3.35. The summed E-state index contributed by atoms with van der Waals surface area (Å²) in [6, 6.07) is 8.40. The molecule has 0 saturated carbocycles. The lowest BCUT2D eigenvalue weighted by atomic mass is 10.1. The number of Topliss-reactive ketones (excluding diaryl/α,β-unsaturated/α-hetero) is 1. The van der Waals surface area contributed by atoms with Crippen molar-refractivity contribution in [3.8, 4) is 0 Å². The number of aromatic nitrogens is 1. The molecule has 0 radical (unpaired) electrons. The minimum Gasteiger partial charge on any atom is -0.461 e. The number of anilines is 1. The predicted octanol–water partition coefficient (Wildman–Crippen LogP) is 6.34. The molecule has 0 unspecified atom stereocenters. The molecule has 0 bridgehead atoms. The summed E-state index contributed by atoms with van der Waals surface area (Å²) in [5.41, 5.74) is -0.994. The molecule has 0 amide bonds. The Labute approximate surface area is 205 Å². The molecule has 0 aliphatic carbocycles. The second-order valence-electron chi connectivity index (χ2n) is 8.30. The Morgan fingerprint density at radius 3 is 2.41 bits per heavy atom. The van der Waals surface area contributed by atoms with Gasteiger partial charge in [-0.3, -0.25) is 4.79 Å². The molecule has 7 nitrogen and oxygen atoms in total. The monoisotopic (exact) mass is 508 g/mol. The van der Waals surface area contributed by atoms with Crippen LogP contribution in [0.1, 0.15) is 48.5 Å². The van der Waals surface area contributed by atoms with Crippen LogP contribution in [0.15, 0.2) is 36.4 Å². The lowest BCUT2D eigenvalue weighted by Crippen LogP contribution is -2.29. The number of carbonyl (C=O) groups excluding carboxylic acids is 3. The second-order valence-corrected chi connectivity index (χ2v) is 9.14. The quantitative estimate of drug-likeness (QED) is 0.308. The summed E-state index contributed by atoms with van der Waals surface area (Å²) in [5.74, 6) is -2.10. The van der Waals surface area contributed by atoms with E-state index in [1.165, 1.54) is 36.4 Å². The first-order chi connectivity index (χ1) is 15.9. The van der Waals surface area contributed by atoms with Gasteiger partial charge in [-0.2, -0.15) is 0 Å². The van der Waals surface area contributed by atoms with E-state index in [4.69, 9.17) is 32.7 Å². The third-order valence-corrected chi connectivity index (χ3v) is 5.15. The van der Waals surface area contributed by atoms with E-state index in [9.17, 15) is 18.8 Å². The highest BCUT2D eigenvalue weighted by molar-refractivity contribution is 6.40. The molecule has 0 fully saturated rings. The first kappa shape index (κ1) is 25.5. The molecule has 0 saturated heterocycles. The summed E-state index contributed by atoms with van der Waals surface area (Å²) < 4.78 is 25.7. The van der Waals surface area contributed by atoms with Crippen LogP contribution >= 0.6 is 23.2 Å². The van der Waals surface area contributed by atoms with Gasteiger partial charge in [0, 0.05) is 10.4 Å². The average Bonchev–Trinajstić information content (AvgIpc) is 3.05. The number of hydrogen-bond acceptors (Lipinski definition) is 6. The third-order valence-electron chi connectivity index (χ3n) is 4.63. The Morgan fingerprint density at radius 2 is 1.79 bits per heavy atom. The largest absolute Gasteiger partial charge is 0.461 e. The Kier molecular flexibility index (Phi) is 7.53. The van der Waals surface area contributed by atoms with E-state index in [2.05, 4.69) is 5.32 Å². The maximum Gasteiger partial charge on any atom is 0.419 e. The van der Waals surface area contributed by atoms with Gasteiger partial charge in [-0.15, -0.1) is 0 Å². The summed E-state index contributed by atoms with van der Waals surface area (Å²) in [6.07, 6.45) is -0.868. The number of fused-ring (bicyclic) bond motifs is 1. The number of rotatable bonds is 6. The number of nitrogens with one attached hydrogen (secondary N) is 1. The molecule has 3 rings (SSSR count). The van der Waals surface area contributed by atoms with Gasteiger partial charge in [0.15, 0.2) is 11.5 Å². The molecule has 34 heavy (non-hydrogen) atoms. The average molecular weight is 509 g/mol. The zero-order chi connectivity index (χ0) is 25.2. The van der Waals surface area contributed by atoms with Crippen molar-refractivity contribution in [2.45, 2.75) is 33.3 Å². The van der Waals surface area contributed by atoms with Gasteiger partial charge in [0.25, 0.3) is 0 Å². The van der Waals surface area contributed by atoms with Crippen LogP contribution in [-0.2, 0) is 9.47 Å². The van der Waals surface area contributed by atoms with Crippen molar-refractivity contribution < 1.29 is 28.2 Å². The van der Waals surface area contributed by atoms with Gasteiger partial charge in [0.2, 0.25) is 0 Å². The number of benzene rings is 2. The molecule has 0 aliphatic heterocycles. The van der Waals surface area contributed by atoms with Crippen molar-refractivity contribution in [2.24, 2.45) is 0 Å². The summed E-state index contributed by atoms with van der Waals surface area (Å²) in [7, 11) is 0. The fraction of sp³-hybridized carbons (Fsp3) is 0.292. The number of ether oxygens (including phenoxy) is 2. The van der Waals surface area contributed by atoms with Crippen LogP contribution in [0.25, 0.3) is 10.9 Å². The van der Waals surface area contributed by atoms with Gasteiger partial charge in [0.1, 0.15) is 11.4 Å². The standard InChI is InChI=1S/C24H23Cl2FN2O5/c1-5-33-22(31)21-20(28-12-18(30)14-8-6-7-9-16(14)27)19-15(26)10-13(25)11-17(19)29(21)23(32)34-24(2,3)4/h6-11,28H,5,12H2,1-4H3. The number of hydrogen-bond donors (Lipinski definition) is 1. The van der Waals surface area contributed by atoms with Gasteiger partial charge >= 0.3 is 12.1 Å². The topological polar surface area (TPSA) is 86.6 Å². The zero-order valence-electron chi connectivity index (χ0n) is 19.0. The molecule has 0 atom stereocenters. The molecular formula is C24H23Cl2FN2O5. The number of ketones is 1. The summed E-state index contributed by atoms with van der Waals surface area (Å²) in [6.45, 7) is 6.26. The van der Waals surface area contributed by atoms with E-state index in [0.29, 0.717) is 0 Å². The van der Waals surface area contributed by atoms with Crippen molar-refractivity contribution in [3.05, 3.63) is 63.5 Å². The van der Waals surface area contributed by atoms with E-state index >= 15 is 0 Å². The lowest BCUT2D eigenvalue weighted by Gasteiger charge is -2.20. The molecule has 10 heteroatoms. The van der Waals surface area contributed by atoms with Crippen molar-refractivity contribution in [3.63, 3.8) is 0 Å². The molecular weight excluding hydrogens is 486 g/mol. The first-order valence-corrected chi connectivity index (χ1v) is 11.2. The van der Waals surface area contributed by atoms with E-state index < -0.39 is 29.3 Å². The van der Waals surface area contributed by atoms with Crippen LogP contribution in [0.3, 0.4) is 0 Å². The van der Waals surface area contributed by atoms with Crippen LogP contribution in [-0.4, -0.2) is 41.2 Å². The fourth-order valence-corrected chi connectivity index (χ4v) is 3.93. The minimum absolute atomic E-state index is 0.0246. The highest BCUT2D eigenvalue weighted by Gasteiger charge is 2.32. The van der Waals surface area contributed by atoms with Crippen molar-refractivity contribution in [1.29, 1.82) is 0 Å². The highest BCUT2D eigenvalue weighted by Crippen LogP contribution is 2.39. The van der Waals surface area contributed by atoms with Gasteiger partial charge in [0.05, 0.1) is 34.9 Å². The molecule has 1 aromatic heterocycles. The maximum atomic E-state index is 14.1. The zero-order valence-corrected chi connectivity index (χ0v) is 20.5. The van der Waals surface area contributed by atoms with Crippen LogP contribution in [0.2, 0.25) is 10.0 Å². The van der Waals surface area contributed by atoms with Gasteiger partial charge < -0.3 is 14.8 Å². The molecule has 1 N–H and O–H groups in total. The Bertz CT molecular complexity index is 1280. The second kappa shape index (κ2) is 10.0. The van der Waals surface area contributed by atoms with E-state index in [0.717, 1.165) is 4.57 Å². The summed E-state index contributed by atoms with van der Waals surface area (Å²) in [5, 5.41) is 3.43. The predicted molar refractivity (Wildman–Crippen MR) is 129 cm³/mol. The molecule has 0 aliphatic rings. The number of nitrogens with zero attached hydrogens (tertiary/aromatic N) is 1. The highest BCUT2D eigenvalue weighted by atomic mass is 35.5. The third kappa shape index (κ3) is 5.34. The van der Waals surface area contributed by atoms with Gasteiger partial charge in [-0.05, 0) is 52.0 Å². The minimum atomic E-state index is -0.879. The van der Waals surface area contributed by atoms with E-state index in [-0.39, 0.29) is 51.0 Å². The summed E-state index contributed by atoms with van der Waals surface area (Å²) >= 11 is 12.6. The number of carbonyl (C=O) groups is 3. The van der Waals surface area contributed by atoms with Crippen LogP contribution < -0.4 is 5.32 Å². The molecule has 3 aromatic rings. The van der Waals surface area contributed by atoms with Crippen molar-refractivity contribution >= 4 is 57.6 Å². The number of halogens is 3. The van der Waals surface area contributed by atoms with Crippen LogP contribution in [0.5, 0.6) is 0 Å². The van der Waals surface area contributed by atoms with Crippen molar-refractivity contribution in [1.82, 2.24) is 4.57 Å². The Morgan fingerprint density at radius 1 is 1.12 bits per heavy atom. The molecule has 180 valence electrons. The van der Waals surface area contributed by atoms with Gasteiger partial charge in [-0.25, -0.2) is 18.5 Å². The van der Waals surface area contributed by atoms with E-state index in [1.54, 1.807) is 27.7 Å². The molecule has 0 spiro atoms. The lowest BCUT2D eigenvalue weighted by molar-refractivity contribution is 0.0455. The van der Waals surface area contributed by atoms with E-state index in [1.807, 2.05) is 0 Å². The summed E-state index contributed by atoms with van der Waals surface area (Å²) in [4.78, 5) is 38.8.